The minimum absolute atomic E-state index is 0.310. The maximum absolute atomic E-state index is 12.6. The smallest absolute Gasteiger partial charge is 0.190 e. The second kappa shape index (κ2) is 6.07. The molecule has 0 aliphatic rings. The molecule has 1 atom stereocenters. The lowest BCUT2D eigenvalue weighted by molar-refractivity contribution is 0.181. The Kier molecular flexibility index (Phi) is 4.72. The van der Waals surface area contributed by atoms with Crippen LogP contribution >= 0.6 is 0 Å². The number of nitrogens with one attached hydrogen (secondary N) is 2. The number of aliphatic hydroxyl groups is 1. The van der Waals surface area contributed by atoms with Crippen LogP contribution in [0.2, 0.25) is 0 Å². The lowest BCUT2D eigenvalue weighted by atomic mass is 10.1. The minimum Gasteiger partial charge on any atom is -0.387 e. The fraction of sp³-hybridized carbons (Fsp3) is 0.364. The molecular weight excluding hydrogens is 209 g/mol. The first kappa shape index (κ1) is 12.4. The number of halogens is 1. The second-order valence-electron chi connectivity index (χ2n) is 3.27. The minimum atomic E-state index is -0.689. The molecule has 0 aliphatic carbocycles. The molecule has 0 fully saturated rings. The number of hydrogen-bond acceptors (Lipinski definition) is 2. The maximum atomic E-state index is 12.6. The van der Waals surface area contributed by atoms with Crippen LogP contribution in [0, 0.1) is 5.82 Å². The molecule has 5 heteroatoms. The van der Waals surface area contributed by atoms with Crippen LogP contribution in [0.4, 0.5) is 4.39 Å². The van der Waals surface area contributed by atoms with E-state index >= 15 is 0 Å². The van der Waals surface area contributed by atoms with Gasteiger partial charge in [-0.1, -0.05) is 12.1 Å². The summed E-state index contributed by atoms with van der Waals surface area (Å²) in [5.74, 6) is 0.288. The van der Waals surface area contributed by atoms with Crippen molar-refractivity contribution >= 4 is 5.96 Å². The van der Waals surface area contributed by atoms with Gasteiger partial charge in [0.2, 0.25) is 0 Å². The second-order valence-corrected chi connectivity index (χ2v) is 3.27. The molecule has 0 bridgehead atoms. The summed E-state index contributed by atoms with van der Waals surface area (Å²) in [6.45, 7) is 0.319. The average molecular weight is 225 g/mol. The van der Waals surface area contributed by atoms with Gasteiger partial charge in [0.15, 0.2) is 5.96 Å². The Hall–Kier alpha value is -1.62. The van der Waals surface area contributed by atoms with E-state index < -0.39 is 6.10 Å². The van der Waals surface area contributed by atoms with Gasteiger partial charge in [0.25, 0.3) is 0 Å². The first-order valence-corrected chi connectivity index (χ1v) is 4.99. The number of guanidine groups is 1. The molecular formula is C11H16FN3O. The standard InChI is InChI=1S/C11H16FN3O/c1-13-11(14-2)15-7-10(16)8-3-5-9(12)6-4-8/h3-6,10,16H,7H2,1-2H3,(H2,13,14,15). The summed E-state index contributed by atoms with van der Waals surface area (Å²) in [6.07, 6.45) is -0.689. The van der Waals surface area contributed by atoms with E-state index in [4.69, 9.17) is 0 Å². The summed E-state index contributed by atoms with van der Waals surface area (Å²) in [5.41, 5.74) is 0.667. The number of aliphatic hydroxyl groups excluding tert-OH is 1. The van der Waals surface area contributed by atoms with E-state index in [0.29, 0.717) is 18.1 Å². The molecule has 1 unspecified atom stereocenters. The Morgan fingerprint density at radius 3 is 2.56 bits per heavy atom. The molecule has 0 radical (unpaired) electrons. The Balaban J connectivity index is 2.52. The lowest BCUT2D eigenvalue weighted by Gasteiger charge is -2.13. The molecule has 0 saturated heterocycles. The van der Waals surface area contributed by atoms with Crippen LogP contribution in [0.5, 0.6) is 0 Å². The third-order valence-electron chi connectivity index (χ3n) is 2.18. The molecule has 0 spiro atoms. The summed E-state index contributed by atoms with van der Waals surface area (Å²) in [5, 5.41) is 15.5. The van der Waals surface area contributed by atoms with Gasteiger partial charge in [0.1, 0.15) is 5.82 Å². The van der Waals surface area contributed by atoms with Gasteiger partial charge in [-0.25, -0.2) is 4.39 Å². The molecule has 1 aromatic carbocycles. The van der Waals surface area contributed by atoms with Gasteiger partial charge in [0, 0.05) is 20.6 Å². The molecule has 3 N–H and O–H groups in total. The zero-order chi connectivity index (χ0) is 12.0. The Bertz CT molecular complexity index is 351. The van der Waals surface area contributed by atoms with Crippen molar-refractivity contribution in [2.45, 2.75) is 6.10 Å². The van der Waals surface area contributed by atoms with E-state index in [1.165, 1.54) is 12.1 Å². The van der Waals surface area contributed by atoms with Crippen LogP contribution in [0.1, 0.15) is 11.7 Å². The molecule has 0 amide bonds. The zero-order valence-corrected chi connectivity index (χ0v) is 9.37. The van der Waals surface area contributed by atoms with Crippen LogP contribution in [0.25, 0.3) is 0 Å². The van der Waals surface area contributed by atoms with E-state index in [9.17, 15) is 9.50 Å². The molecule has 0 aliphatic heterocycles. The van der Waals surface area contributed by atoms with E-state index in [2.05, 4.69) is 15.6 Å². The van der Waals surface area contributed by atoms with E-state index in [0.717, 1.165) is 0 Å². The third-order valence-corrected chi connectivity index (χ3v) is 2.18. The van der Waals surface area contributed by atoms with Crippen molar-refractivity contribution in [2.75, 3.05) is 20.6 Å². The van der Waals surface area contributed by atoms with Crippen molar-refractivity contribution in [3.63, 3.8) is 0 Å². The van der Waals surface area contributed by atoms with Gasteiger partial charge in [-0.05, 0) is 17.7 Å². The summed E-state index contributed by atoms with van der Waals surface area (Å²) in [7, 11) is 3.38. The first-order chi connectivity index (χ1) is 7.67. The van der Waals surface area contributed by atoms with Crippen molar-refractivity contribution in [3.8, 4) is 0 Å². The predicted molar refractivity (Wildman–Crippen MR) is 61.8 cm³/mol. The van der Waals surface area contributed by atoms with Crippen LogP contribution in [-0.4, -0.2) is 31.7 Å². The van der Waals surface area contributed by atoms with Crippen LogP contribution < -0.4 is 10.6 Å². The molecule has 4 nitrogen and oxygen atoms in total. The quantitative estimate of drug-likeness (QED) is 0.523. The highest BCUT2D eigenvalue weighted by atomic mass is 19.1. The van der Waals surface area contributed by atoms with Gasteiger partial charge in [-0.15, -0.1) is 0 Å². The van der Waals surface area contributed by atoms with E-state index in [1.54, 1.807) is 26.2 Å². The topological polar surface area (TPSA) is 56.7 Å². The van der Waals surface area contributed by atoms with Gasteiger partial charge in [-0.2, -0.15) is 0 Å². The Morgan fingerprint density at radius 1 is 1.44 bits per heavy atom. The molecule has 88 valence electrons. The fourth-order valence-corrected chi connectivity index (χ4v) is 1.28. The zero-order valence-electron chi connectivity index (χ0n) is 9.37. The van der Waals surface area contributed by atoms with Crippen LogP contribution in [0.3, 0.4) is 0 Å². The van der Waals surface area contributed by atoms with Crippen molar-refractivity contribution in [3.05, 3.63) is 35.6 Å². The highest BCUT2D eigenvalue weighted by Gasteiger charge is 2.07. The highest BCUT2D eigenvalue weighted by Crippen LogP contribution is 2.12. The van der Waals surface area contributed by atoms with Gasteiger partial charge < -0.3 is 15.7 Å². The van der Waals surface area contributed by atoms with Gasteiger partial charge >= 0.3 is 0 Å². The van der Waals surface area contributed by atoms with Crippen molar-refractivity contribution < 1.29 is 9.50 Å². The fourth-order valence-electron chi connectivity index (χ4n) is 1.28. The highest BCUT2D eigenvalue weighted by molar-refractivity contribution is 5.79. The summed E-state index contributed by atoms with van der Waals surface area (Å²) < 4.78 is 12.6. The van der Waals surface area contributed by atoms with Crippen molar-refractivity contribution in [2.24, 2.45) is 4.99 Å². The van der Waals surface area contributed by atoms with Gasteiger partial charge in [0.05, 0.1) is 6.10 Å². The monoisotopic (exact) mass is 225 g/mol. The Morgan fingerprint density at radius 2 is 2.06 bits per heavy atom. The summed E-state index contributed by atoms with van der Waals surface area (Å²) in [6, 6.07) is 5.77. The number of nitrogens with zero attached hydrogens (tertiary/aromatic N) is 1. The molecule has 0 heterocycles. The predicted octanol–water partition coefficient (Wildman–Crippen LogP) is 0.654. The molecule has 1 rings (SSSR count). The number of aliphatic imine (C=N–C) groups is 1. The first-order valence-electron chi connectivity index (χ1n) is 4.99. The Labute approximate surface area is 94.2 Å². The lowest BCUT2D eigenvalue weighted by Crippen LogP contribution is -2.37. The summed E-state index contributed by atoms with van der Waals surface area (Å²) in [4.78, 5) is 3.91. The normalized spacial score (nSPS) is 13.4. The molecule has 1 aromatic rings. The summed E-state index contributed by atoms with van der Waals surface area (Å²) >= 11 is 0. The van der Waals surface area contributed by atoms with E-state index in [1.807, 2.05) is 0 Å². The largest absolute Gasteiger partial charge is 0.387 e. The molecule has 0 aromatic heterocycles. The third kappa shape index (κ3) is 3.51. The molecule has 0 saturated carbocycles. The van der Waals surface area contributed by atoms with Crippen LogP contribution in [-0.2, 0) is 0 Å². The van der Waals surface area contributed by atoms with Gasteiger partial charge in [-0.3, -0.25) is 4.99 Å². The number of hydrogen-bond donors (Lipinski definition) is 3. The van der Waals surface area contributed by atoms with E-state index in [-0.39, 0.29) is 5.82 Å². The molecule has 16 heavy (non-hydrogen) atoms. The van der Waals surface area contributed by atoms with Crippen LogP contribution in [0.15, 0.2) is 29.3 Å². The maximum Gasteiger partial charge on any atom is 0.190 e. The van der Waals surface area contributed by atoms with Crippen molar-refractivity contribution in [1.82, 2.24) is 10.6 Å². The SMILES string of the molecule is CN=C(NC)NCC(O)c1ccc(F)cc1. The number of benzene rings is 1. The number of rotatable bonds is 3. The van der Waals surface area contributed by atoms with Crippen molar-refractivity contribution in [1.29, 1.82) is 0 Å². The average Bonchev–Trinajstić information content (AvgIpc) is 2.31.